The number of carbonyl (C=O) groups excluding carboxylic acids is 2. The molecule has 1 fully saturated rings. The second-order valence-electron chi connectivity index (χ2n) is 9.06. The van der Waals surface area contributed by atoms with E-state index in [2.05, 4.69) is 22.5 Å². The Kier molecular flexibility index (Phi) is 6.85. The van der Waals surface area contributed by atoms with Crippen molar-refractivity contribution in [1.29, 1.82) is 0 Å². The van der Waals surface area contributed by atoms with Gasteiger partial charge in [-0.3, -0.25) is 4.98 Å². The Labute approximate surface area is 178 Å². The fraction of sp³-hybridized carbons (Fsp3) is 0.682. The number of ether oxygens (including phenoxy) is 2. The van der Waals surface area contributed by atoms with Crippen LogP contribution in [0.4, 0.5) is 9.59 Å². The summed E-state index contributed by atoms with van der Waals surface area (Å²) >= 11 is 0. The zero-order valence-corrected chi connectivity index (χ0v) is 18.5. The van der Waals surface area contributed by atoms with Gasteiger partial charge in [-0.15, -0.1) is 0 Å². The van der Waals surface area contributed by atoms with Gasteiger partial charge in [0.1, 0.15) is 5.60 Å². The fourth-order valence-corrected chi connectivity index (χ4v) is 4.40. The molecule has 0 radical (unpaired) electrons. The summed E-state index contributed by atoms with van der Waals surface area (Å²) in [5.41, 5.74) is 1.81. The summed E-state index contributed by atoms with van der Waals surface area (Å²) in [7, 11) is 1.58. The van der Waals surface area contributed by atoms with Crippen molar-refractivity contribution in [3.05, 3.63) is 29.6 Å². The predicted molar refractivity (Wildman–Crippen MR) is 113 cm³/mol. The van der Waals surface area contributed by atoms with Crippen LogP contribution < -0.4 is 10.6 Å². The second-order valence-corrected chi connectivity index (χ2v) is 9.06. The standard InChI is InChI=1S/C22H34N4O4/c1-5-22(7-9-24-20(28)30-21(2,3)15-29-4)10-18(22)12-25-19(27)26-13-16-6-8-23-11-17(16)14-26/h6,8,11,18H,5,7,9-10,12-15H2,1-4H3,(H,24,28)(H,25,27). The Bertz CT molecular complexity index is 744. The predicted octanol–water partition coefficient (Wildman–Crippen LogP) is 3.06. The van der Waals surface area contributed by atoms with Gasteiger partial charge in [0.2, 0.25) is 0 Å². The van der Waals surface area contributed by atoms with E-state index in [-0.39, 0.29) is 11.4 Å². The summed E-state index contributed by atoms with van der Waals surface area (Å²) in [6.45, 7) is 8.64. The number of rotatable bonds is 9. The number of alkyl carbamates (subject to hydrolysis) is 1. The van der Waals surface area contributed by atoms with Crippen LogP contribution in [-0.2, 0) is 22.6 Å². The minimum absolute atomic E-state index is 0.0230. The second kappa shape index (κ2) is 9.20. The van der Waals surface area contributed by atoms with Crippen LogP contribution in [0.25, 0.3) is 0 Å². The molecule has 2 aliphatic rings. The number of amides is 3. The summed E-state index contributed by atoms with van der Waals surface area (Å²) in [5, 5.41) is 5.95. The summed E-state index contributed by atoms with van der Waals surface area (Å²) in [6, 6.07) is 1.95. The van der Waals surface area contributed by atoms with Crippen molar-refractivity contribution in [1.82, 2.24) is 20.5 Å². The van der Waals surface area contributed by atoms with Gasteiger partial charge in [-0.1, -0.05) is 13.3 Å². The molecule has 8 nitrogen and oxygen atoms in total. The monoisotopic (exact) mass is 418 g/mol. The fourth-order valence-electron chi connectivity index (χ4n) is 4.40. The topological polar surface area (TPSA) is 92.8 Å². The normalized spacial score (nSPS) is 22.4. The highest BCUT2D eigenvalue weighted by molar-refractivity contribution is 5.75. The van der Waals surface area contributed by atoms with Crippen molar-refractivity contribution in [2.75, 3.05) is 26.8 Å². The molecular formula is C22H34N4O4. The number of carbonyl (C=O) groups is 2. The maximum Gasteiger partial charge on any atom is 0.407 e. The summed E-state index contributed by atoms with van der Waals surface area (Å²) in [5.74, 6) is 0.445. The molecular weight excluding hydrogens is 384 g/mol. The summed E-state index contributed by atoms with van der Waals surface area (Å²) in [4.78, 5) is 30.5. The first-order valence-corrected chi connectivity index (χ1v) is 10.7. The van der Waals surface area contributed by atoms with Crippen molar-refractivity contribution in [2.24, 2.45) is 11.3 Å². The molecule has 3 rings (SSSR count). The zero-order chi connectivity index (χ0) is 21.8. The average Bonchev–Trinajstić information content (AvgIpc) is 3.21. The van der Waals surface area contributed by atoms with Crippen LogP contribution >= 0.6 is 0 Å². The third-order valence-corrected chi connectivity index (χ3v) is 6.33. The largest absolute Gasteiger partial charge is 0.441 e. The average molecular weight is 419 g/mol. The lowest BCUT2D eigenvalue weighted by molar-refractivity contribution is -0.0184. The van der Waals surface area contributed by atoms with E-state index in [0.29, 0.717) is 38.7 Å². The number of pyridine rings is 1. The van der Waals surface area contributed by atoms with Gasteiger partial charge in [0.15, 0.2) is 0 Å². The van der Waals surface area contributed by atoms with Crippen LogP contribution in [0, 0.1) is 11.3 Å². The summed E-state index contributed by atoms with van der Waals surface area (Å²) in [6.07, 6.45) is 6.16. The number of hydrogen-bond acceptors (Lipinski definition) is 5. The first-order valence-electron chi connectivity index (χ1n) is 10.7. The minimum atomic E-state index is -0.654. The van der Waals surface area contributed by atoms with E-state index in [9.17, 15) is 9.59 Å². The van der Waals surface area contributed by atoms with Gasteiger partial charge < -0.3 is 25.0 Å². The van der Waals surface area contributed by atoms with Gasteiger partial charge in [-0.25, -0.2) is 9.59 Å². The van der Waals surface area contributed by atoms with E-state index in [1.165, 1.54) is 5.56 Å². The highest BCUT2D eigenvalue weighted by atomic mass is 16.6. The Hall–Kier alpha value is -2.35. The van der Waals surface area contributed by atoms with Crippen molar-refractivity contribution in [3.8, 4) is 0 Å². The van der Waals surface area contributed by atoms with Crippen LogP contribution in [0.3, 0.4) is 0 Å². The van der Waals surface area contributed by atoms with E-state index >= 15 is 0 Å². The number of methoxy groups -OCH3 is 1. The molecule has 3 amide bonds. The number of urea groups is 1. The third-order valence-electron chi connectivity index (χ3n) is 6.33. The van der Waals surface area contributed by atoms with Gasteiger partial charge in [0, 0.05) is 45.7 Å². The zero-order valence-electron chi connectivity index (χ0n) is 18.5. The lowest BCUT2D eigenvalue weighted by atomic mass is 9.96. The number of aromatic nitrogens is 1. The maximum absolute atomic E-state index is 12.5. The van der Waals surface area contributed by atoms with E-state index in [1.807, 2.05) is 31.0 Å². The number of fused-ring (bicyclic) bond motifs is 1. The molecule has 1 aliphatic heterocycles. The number of nitrogens with zero attached hydrogens (tertiary/aromatic N) is 2. The molecule has 2 N–H and O–H groups in total. The Morgan fingerprint density at radius 1 is 1.30 bits per heavy atom. The third kappa shape index (κ3) is 5.41. The quantitative estimate of drug-likeness (QED) is 0.643. The first kappa shape index (κ1) is 22.3. The van der Waals surface area contributed by atoms with Gasteiger partial charge in [0.25, 0.3) is 0 Å². The molecule has 2 atom stereocenters. The first-order chi connectivity index (χ1) is 14.3. The SMILES string of the molecule is CCC1(CCNC(=O)OC(C)(C)COC)CC1CNC(=O)N1Cc2ccncc2C1. The molecule has 0 aromatic carbocycles. The van der Waals surface area contributed by atoms with Gasteiger partial charge in [-0.05, 0) is 55.2 Å². The summed E-state index contributed by atoms with van der Waals surface area (Å²) < 4.78 is 10.5. The molecule has 166 valence electrons. The molecule has 1 saturated carbocycles. The molecule has 0 spiro atoms. The number of hydrogen-bond donors (Lipinski definition) is 2. The molecule has 1 aliphatic carbocycles. The number of nitrogens with one attached hydrogen (secondary N) is 2. The van der Waals surface area contributed by atoms with Crippen molar-refractivity contribution in [3.63, 3.8) is 0 Å². The molecule has 8 heteroatoms. The van der Waals surface area contributed by atoms with Crippen molar-refractivity contribution in [2.45, 2.75) is 58.7 Å². The van der Waals surface area contributed by atoms with Gasteiger partial charge in [-0.2, -0.15) is 0 Å². The Balaban J connectivity index is 1.37. The smallest absolute Gasteiger partial charge is 0.407 e. The highest BCUT2D eigenvalue weighted by Crippen LogP contribution is 2.57. The van der Waals surface area contributed by atoms with E-state index in [1.54, 1.807) is 13.3 Å². The van der Waals surface area contributed by atoms with Crippen LogP contribution in [0.15, 0.2) is 18.5 Å². The molecule has 0 bridgehead atoms. The van der Waals surface area contributed by atoms with Crippen molar-refractivity contribution < 1.29 is 19.1 Å². The molecule has 2 unspecified atom stereocenters. The maximum atomic E-state index is 12.5. The molecule has 0 saturated heterocycles. The Morgan fingerprint density at radius 3 is 2.77 bits per heavy atom. The lowest BCUT2D eigenvalue weighted by Crippen LogP contribution is -2.39. The van der Waals surface area contributed by atoms with Crippen molar-refractivity contribution >= 4 is 12.1 Å². The Morgan fingerprint density at radius 2 is 2.07 bits per heavy atom. The van der Waals surface area contributed by atoms with Gasteiger partial charge >= 0.3 is 12.1 Å². The minimum Gasteiger partial charge on any atom is -0.441 e. The lowest BCUT2D eigenvalue weighted by Gasteiger charge is -2.24. The van der Waals surface area contributed by atoms with Crippen LogP contribution in [0.2, 0.25) is 0 Å². The molecule has 30 heavy (non-hydrogen) atoms. The molecule has 2 heterocycles. The van der Waals surface area contributed by atoms with E-state index < -0.39 is 11.7 Å². The highest BCUT2D eigenvalue weighted by Gasteiger charge is 2.51. The van der Waals surface area contributed by atoms with Crippen LogP contribution in [0.1, 0.15) is 51.2 Å². The van der Waals surface area contributed by atoms with E-state index in [4.69, 9.17) is 9.47 Å². The van der Waals surface area contributed by atoms with Gasteiger partial charge in [0.05, 0.1) is 6.61 Å². The molecule has 1 aromatic rings. The van der Waals surface area contributed by atoms with Crippen LogP contribution in [0.5, 0.6) is 0 Å². The molecule has 1 aromatic heterocycles. The van der Waals surface area contributed by atoms with E-state index in [0.717, 1.165) is 24.8 Å². The van der Waals surface area contributed by atoms with Crippen LogP contribution in [-0.4, -0.2) is 54.4 Å².